The van der Waals surface area contributed by atoms with E-state index in [2.05, 4.69) is 22.8 Å². The molecule has 5 heteroatoms. The summed E-state index contributed by atoms with van der Waals surface area (Å²) in [5.74, 6) is 0.839. The van der Waals surface area contributed by atoms with E-state index >= 15 is 0 Å². The number of hydrogen-bond donors (Lipinski definition) is 2. The Labute approximate surface area is 203 Å². The Morgan fingerprint density at radius 1 is 0.781 bits per heavy atom. The summed E-state index contributed by atoms with van der Waals surface area (Å²) in [6, 6.07) is 7.73. The molecule has 0 aromatic heterocycles. The van der Waals surface area contributed by atoms with Crippen LogP contribution in [0.3, 0.4) is 0 Å². The van der Waals surface area contributed by atoms with Crippen molar-refractivity contribution in [3.05, 3.63) is 29.8 Å². The molecule has 32 heavy (non-hydrogen) atoms. The zero-order chi connectivity index (χ0) is 23.1. The molecule has 182 valence electrons. The monoisotopic (exact) mass is 461 g/mol. The summed E-state index contributed by atoms with van der Waals surface area (Å²) in [5.41, 5.74) is 3.87. The maximum Gasteiger partial charge on any atom is 0.186 e. The van der Waals surface area contributed by atoms with E-state index in [0.29, 0.717) is 5.11 Å². The summed E-state index contributed by atoms with van der Waals surface area (Å²) >= 11 is 5.26. The molecule has 0 aliphatic heterocycles. The first-order valence-electron chi connectivity index (χ1n) is 13.0. The van der Waals surface area contributed by atoms with Crippen LogP contribution in [0, 0.1) is 0 Å². The SMILES string of the molecule is CCCCCCCCCCCCCCCCCCNC(=S)N/N=C/c1ccc(OC)cc1. The lowest BCUT2D eigenvalue weighted by molar-refractivity contribution is 0.415. The molecule has 0 saturated carbocycles. The molecule has 0 radical (unpaired) electrons. The fourth-order valence-electron chi connectivity index (χ4n) is 3.77. The van der Waals surface area contributed by atoms with E-state index in [1.807, 2.05) is 24.3 Å². The lowest BCUT2D eigenvalue weighted by Gasteiger charge is -2.07. The van der Waals surface area contributed by atoms with Crippen LogP contribution in [0.4, 0.5) is 0 Å². The number of nitrogens with one attached hydrogen (secondary N) is 2. The van der Waals surface area contributed by atoms with Crippen LogP contribution in [0.2, 0.25) is 0 Å². The Morgan fingerprint density at radius 3 is 1.72 bits per heavy atom. The fourth-order valence-corrected chi connectivity index (χ4v) is 3.92. The molecule has 1 aromatic rings. The lowest BCUT2D eigenvalue weighted by atomic mass is 10.0. The number of hydrogen-bond acceptors (Lipinski definition) is 3. The summed E-state index contributed by atoms with van der Waals surface area (Å²) in [7, 11) is 1.66. The zero-order valence-electron chi connectivity index (χ0n) is 20.7. The van der Waals surface area contributed by atoms with Crippen LogP contribution in [0.15, 0.2) is 29.4 Å². The van der Waals surface area contributed by atoms with Crippen molar-refractivity contribution in [2.45, 2.75) is 110 Å². The highest BCUT2D eigenvalue weighted by molar-refractivity contribution is 7.80. The number of benzene rings is 1. The van der Waals surface area contributed by atoms with Gasteiger partial charge in [-0.05, 0) is 48.5 Å². The second-order valence-electron chi connectivity index (χ2n) is 8.70. The van der Waals surface area contributed by atoms with Crippen molar-refractivity contribution in [2.75, 3.05) is 13.7 Å². The molecule has 1 rings (SSSR count). The Hall–Kier alpha value is -1.62. The first kappa shape index (κ1) is 28.4. The first-order chi connectivity index (χ1) is 15.8. The van der Waals surface area contributed by atoms with Gasteiger partial charge < -0.3 is 10.1 Å². The van der Waals surface area contributed by atoms with E-state index in [1.165, 1.54) is 96.3 Å². The van der Waals surface area contributed by atoms with E-state index in [9.17, 15) is 0 Å². The van der Waals surface area contributed by atoms with E-state index in [1.54, 1.807) is 13.3 Å². The molecule has 1 aromatic carbocycles. The third-order valence-corrected chi connectivity index (χ3v) is 6.05. The largest absolute Gasteiger partial charge is 0.497 e. The minimum atomic E-state index is 0.579. The van der Waals surface area contributed by atoms with Gasteiger partial charge in [0, 0.05) is 6.54 Å². The van der Waals surface area contributed by atoms with Crippen molar-refractivity contribution in [3.63, 3.8) is 0 Å². The van der Waals surface area contributed by atoms with Crippen LogP contribution in [-0.2, 0) is 0 Å². The first-order valence-corrected chi connectivity index (χ1v) is 13.4. The maximum absolute atomic E-state index is 5.26. The summed E-state index contributed by atoms with van der Waals surface area (Å²) < 4.78 is 5.15. The zero-order valence-corrected chi connectivity index (χ0v) is 21.5. The van der Waals surface area contributed by atoms with Crippen LogP contribution >= 0.6 is 12.2 Å². The summed E-state index contributed by atoms with van der Waals surface area (Å²) in [6.45, 7) is 3.19. The van der Waals surface area contributed by atoms with E-state index in [-0.39, 0.29) is 0 Å². The molecular weight excluding hydrogens is 414 g/mol. The average molecular weight is 462 g/mol. The predicted molar refractivity (Wildman–Crippen MR) is 144 cm³/mol. The number of thiocarbonyl (C=S) groups is 1. The average Bonchev–Trinajstić information content (AvgIpc) is 2.81. The van der Waals surface area contributed by atoms with Gasteiger partial charge in [-0.15, -0.1) is 0 Å². The predicted octanol–water partition coefficient (Wildman–Crippen LogP) is 7.75. The molecule has 0 bridgehead atoms. The summed E-state index contributed by atoms with van der Waals surface area (Å²) in [5, 5.41) is 7.98. The standard InChI is InChI=1S/C27H47N3OS/c1-3-4-5-6-7-8-9-10-11-12-13-14-15-16-17-18-23-28-27(32)30-29-24-25-19-21-26(31-2)22-20-25/h19-22,24H,3-18,23H2,1-2H3,(H2,28,30,32)/b29-24+. The molecule has 0 aliphatic carbocycles. The number of nitrogens with zero attached hydrogens (tertiary/aromatic N) is 1. The Bertz CT molecular complexity index is 589. The van der Waals surface area contributed by atoms with Crippen molar-refractivity contribution in [3.8, 4) is 5.75 Å². The summed E-state index contributed by atoms with van der Waals surface area (Å²) in [4.78, 5) is 0. The van der Waals surface area contributed by atoms with Crippen molar-refractivity contribution in [1.29, 1.82) is 0 Å². The molecule has 0 fully saturated rings. The van der Waals surface area contributed by atoms with Crippen LogP contribution in [-0.4, -0.2) is 25.0 Å². The lowest BCUT2D eigenvalue weighted by Crippen LogP contribution is -2.32. The van der Waals surface area contributed by atoms with E-state index in [0.717, 1.165) is 24.3 Å². The Morgan fingerprint density at radius 2 is 1.25 bits per heavy atom. The fraction of sp³-hybridized carbons (Fsp3) is 0.704. The van der Waals surface area contributed by atoms with Gasteiger partial charge in [0.15, 0.2) is 5.11 Å². The molecule has 0 saturated heterocycles. The third-order valence-electron chi connectivity index (χ3n) is 5.81. The molecule has 0 aliphatic rings. The van der Waals surface area contributed by atoms with Crippen molar-refractivity contribution < 1.29 is 4.74 Å². The van der Waals surface area contributed by atoms with Crippen LogP contribution in [0.25, 0.3) is 0 Å². The molecule has 4 nitrogen and oxygen atoms in total. The minimum absolute atomic E-state index is 0.579. The van der Waals surface area contributed by atoms with Crippen LogP contribution < -0.4 is 15.5 Å². The second kappa shape index (κ2) is 21.2. The van der Waals surface area contributed by atoms with Gasteiger partial charge in [-0.1, -0.05) is 103 Å². The molecular formula is C27H47N3OS. The van der Waals surface area contributed by atoms with Gasteiger partial charge in [0.05, 0.1) is 13.3 Å². The van der Waals surface area contributed by atoms with Crippen molar-refractivity contribution >= 4 is 23.5 Å². The number of ether oxygens (including phenoxy) is 1. The molecule has 0 heterocycles. The molecule has 0 amide bonds. The van der Waals surface area contributed by atoms with Gasteiger partial charge in [-0.25, -0.2) is 0 Å². The minimum Gasteiger partial charge on any atom is -0.497 e. The number of unbranched alkanes of at least 4 members (excludes halogenated alkanes) is 15. The maximum atomic E-state index is 5.26. The van der Waals surface area contributed by atoms with Gasteiger partial charge in [0.2, 0.25) is 0 Å². The highest BCUT2D eigenvalue weighted by atomic mass is 32.1. The quantitative estimate of drug-likeness (QED) is 0.0901. The van der Waals surface area contributed by atoms with Gasteiger partial charge in [-0.3, -0.25) is 5.43 Å². The topological polar surface area (TPSA) is 45.7 Å². The van der Waals surface area contributed by atoms with Crippen molar-refractivity contribution in [1.82, 2.24) is 10.7 Å². The molecule has 2 N–H and O–H groups in total. The Kier molecular flexibility index (Phi) is 18.9. The highest BCUT2D eigenvalue weighted by Gasteiger charge is 1.96. The van der Waals surface area contributed by atoms with Gasteiger partial charge in [-0.2, -0.15) is 5.10 Å². The van der Waals surface area contributed by atoms with Crippen LogP contribution in [0.5, 0.6) is 5.75 Å². The highest BCUT2D eigenvalue weighted by Crippen LogP contribution is 2.13. The molecule has 0 spiro atoms. The second-order valence-corrected chi connectivity index (χ2v) is 9.11. The normalized spacial score (nSPS) is 11.1. The number of methoxy groups -OCH3 is 1. The van der Waals surface area contributed by atoms with Gasteiger partial charge in [0.25, 0.3) is 0 Å². The third kappa shape index (κ3) is 17.0. The molecule has 0 unspecified atom stereocenters. The van der Waals surface area contributed by atoms with E-state index < -0.39 is 0 Å². The van der Waals surface area contributed by atoms with Crippen LogP contribution in [0.1, 0.15) is 115 Å². The van der Waals surface area contributed by atoms with E-state index in [4.69, 9.17) is 17.0 Å². The summed E-state index contributed by atoms with van der Waals surface area (Å²) in [6.07, 6.45) is 24.0. The van der Waals surface area contributed by atoms with Crippen molar-refractivity contribution in [2.24, 2.45) is 5.10 Å². The number of hydrazone groups is 1. The Balaban J connectivity index is 1.82. The number of rotatable bonds is 20. The van der Waals surface area contributed by atoms with Gasteiger partial charge in [0.1, 0.15) is 5.75 Å². The smallest absolute Gasteiger partial charge is 0.186 e. The van der Waals surface area contributed by atoms with Gasteiger partial charge >= 0.3 is 0 Å². The molecule has 0 atom stereocenters.